The van der Waals surface area contributed by atoms with Crippen molar-refractivity contribution < 1.29 is 4.79 Å². The second-order valence-corrected chi connectivity index (χ2v) is 8.09. The van der Waals surface area contributed by atoms with E-state index in [1.807, 2.05) is 12.3 Å². The molecule has 0 unspecified atom stereocenters. The first-order valence-corrected chi connectivity index (χ1v) is 9.75. The second kappa shape index (κ2) is 6.63. The largest absolute Gasteiger partial charge is 0.302 e. The van der Waals surface area contributed by atoms with Gasteiger partial charge >= 0.3 is 0 Å². The van der Waals surface area contributed by atoms with Crippen LogP contribution in [0.2, 0.25) is 0 Å². The van der Waals surface area contributed by atoms with Gasteiger partial charge in [0.25, 0.3) is 0 Å². The van der Waals surface area contributed by atoms with Gasteiger partial charge in [-0.05, 0) is 49.1 Å². The van der Waals surface area contributed by atoms with Gasteiger partial charge in [-0.3, -0.25) is 9.78 Å². The van der Waals surface area contributed by atoms with Gasteiger partial charge < -0.3 is 5.32 Å². The highest BCUT2D eigenvalue weighted by Crippen LogP contribution is 2.48. The second-order valence-electron chi connectivity index (χ2n) is 7.01. The monoisotopic (exact) mass is 341 g/mol. The highest BCUT2D eigenvalue weighted by Gasteiger charge is 2.44. The predicted octanol–water partition coefficient (Wildman–Crippen LogP) is 4.19. The minimum absolute atomic E-state index is 0.0722. The Kier molecular flexibility index (Phi) is 4.35. The topological polar surface area (TPSA) is 54.9 Å². The van der Waals surface area contributed by atoms with Crippen LogP contribution in [0, 0.1) is 11.8 Å². The first-order valence-electron chi connectivity index (χ1n) is 8.94. The maximum Gasteiger partial charge on any atom is 0.229 e. The number of hydrogen-bond acceptors (Lipinski definition) is 4. The maximum absolute atomic E-state index is 12.5. The zero-order chi connectivity index (χ0) is 16.5. The van der Waals surface area contributed by atoms with Gasteiger partial charge in [-0.2, -0.15) is 0 Å². The van der Waals surface area contributed by atoms with Crippen molar-refractivity contribution in [3.8, 4) is 0 Å². The minimum atomic E-state index is 0.0722. The van der Waals surface area contributed by atoms with Crippen molar-refractivity contribution in [3.05, 3.63) is 40.7 Å². The van der Waals surface area contributed by atoms with E-state index in [-0.39, 0.29) is 11.8 Å². The molecule has 5 heteroatoms. The van der Waals surface area contributed by atoms with Gasteiger partial charge in [-0.15, -0.1) is 11.3 Å². The van der Waals surface area contributed by atoms with Gasteiger partial charge in [0.2, 0.25) is 5.91 Å². The molecule has 2 aliphatic rings. The standard InChI is InChI=1S/C19H23N3OS/c1-2-4-12-6-7-16-17(9-12)24-19(21-16)22-18(23)15-10-14(15)13-5-3-8-20-11-13/h3,5,8,11-12,14-15H,2,4,6-7,9-10H2,1H3,(H,21,22,23)/t12-,14+,15-/m1/s1. The average molecular weight is 341 g/mol. The Morgan fingerprint density at radius 1 is 1.46 bits per heavy atom. The predicted molar refractivity (Wildman–Crippen MR) is 96.3 cm³/mol. The summed E-state index contributed by atoms with van der Waals surface area (Å²) in [5.41, 5.74) is 2.38. The lowest BCUT2D eigenvalue weighted by atomic mass is 9.88. The summed E-state index contributed by atoms with van der Waals surface area (Å²) < 4.78 is 0. The van der Waals surface area contributed by atoms with Gasteiger partial charge in [0.15, 0.2) is 5.13 Å². The Morgan fingerprint density at radius 3 is 3.17 bits per heavy atom. The van der Waals surface area contributed by atoms with E-state index in [0.717, 1.165) is 30.3 Å². The lowest BCUT2D eigenvalue weighted by Gasteiger charge is -2.19. The Labute approximate surface area is 146 Å². The third-order valence-corrected chi connectivity index (χ3v) is 6.24. The molecule has 0 bridgehead atoms. The fourth-order valence-corrected chi connectivity index (χ4v) is 4.92. The minimum Gasteiger partial charge on any atom is -0.302 e. The van der Waals surface area contributed by atoms with Crippen LogP contribution >= 0.6 is 11.3 Å². The Morgan fingerprint density at radius 2 is 2.38 bits per heavy atom. The Bertz CT molecular complexity index is 727. The smallest absolute Gasteiger partial charge is 0.229 e. The van der Waals surface area contributed by atoms with E-state index in [2.05, 4.69) is 28.3 Å². The lowest BCUT2D eigenvalue weighted by Crippen LogP contribution is -2.14. The van der Waals surface area contributed by atoms with Gasteiger partial charge in [0, 0.05) is 23.2 Å². The SMILES string of the molecule is CCC[C@@H]1CCc2nc(NC(=O)[C@@H]3C[C@H]3c3cccnc3)sc2C1. The molecule has 24 heavy (non-hydrogen) atoms. The quantitative estimate of drug-likeness (QED) is 0.887. The summed E-state index contributed by atoms with van der Waals surface area (Å²) in [6.07, 6.45) is 10.5. The van der Waals surface area contributed by atoms with Crippen LogP contribution in [0.5, 0.6) is 0 Å². The van der Waals surface area contributed by atoms with Gasteiger partial charge in [-0.1, -0.05) is 25.8 Å². The van der Waals surface area contributed by atoms with E-state index < -0.39 is 0 Å². The van der Waals surface area contributed by atoms with E-state index in [1.165, 1.54) is 35.4 Å². The molecule has 1 saturated carbocycles. The van der Waals surface area contributed by atoms with Crippen molar-refractivity contribution in [2.24, 2.45) is 11.8 Å². The number of aromatic nitrogens is 2. The van der Waals surface area contributed by atoms with Gasteiger partial charge in [-0.25, -0.2) is 4.98 Å². The lowest BCUT2D eigenvalue weighted by molar-refractivity contribution is -0.117. The zero-order valence-corrected chi connectivity index (χ0v) is 14.8. The number of carbonyl (C=O) groups excluding carboxylic acids is 1. The molecule has 1 N–H and O–H groups in total. The molecule has 1 amide bonds. The number of nitrogens with one attached hydrogen (secondary N) is 1. The fraction of sp³-hybridized carbons (Fsp3) is 0.526. The highest BCUT2D eigenvalue weighted by molar-refractivity contribution is 7.15. The summed E-state index contributed by atoms with van der Waals surface area (Å²) >= 11 is 1.68. The van der Waals surface area contributed by atoms with Crippen LogP contribution in [-0.2, 0) is 17.6 Å². The molecule has 0 radical (unpaired) electrons. The number of aryl methyl sites for hydroxylation is 1. The molecule has 2 aromatic rings. The molecular weight excluding hydrogens is 318 g/mol. The number of pyridine rings is 1. The molecule has 0 saturated heterocycles. The molecule has 1 fully saturated rings. The molecule has 2 aliphatic carbocycles. The molecule has 4 rings (SSSR count). The van der Waals surface area contributed by atoms with Crippen LogP contribution in [0.4, 0.5) is 5.13 Å². The Hall–Kier alpha value is -1.75. The Balaban J connectivity index is 1.38. The summed E-state index contributed by atoms with van der Waals surface area (Å²) in [6, 6.07) is 3.99. The van der Waals surface area contributed by atoms with Gasteiger partial charge in [0.05, 0.1) is 5.69 Å². The molecule has 126 valence electrons. The van der Waals surface area contributed by atoms with E-state index in [1.54, 1.807) is 17.5 Å². The molecule has 0 spiro atoms. The van der Waals surface area contributed by atoms with E-state index in [0.29, 0.717) is 5.92 Å². The van der Waals surface area contributed by atoms with Crippen LogP contribution in [0.25, 0.3) is 0 Å². The molecule has 0 aliphatic heterocycles. The number of thiazole rings is 1. The van der Waals surface area contributed by atoms with Crippen LogP contribution < -0.4 is 5.32 Å². The summed E-state index contributed by atoms with van der Waals surface area (Å²) in [4.78, 5) is 22.7. The molecule has 2 aromatic heterocycles. The highest BCUT2D eigenvalue weighted by atomic mass is 32.1. The van der Waals surface area contributed by atoms with Crippen molar-refractivity contribution in [3.63, 3.8) is 0 Å². The first-order chi connectivity index (χ1) is 11.7. The fourth-order valence-electron chi connectivity index (χ4n) is 3.80. The average Bonchev–Trinajstić information content (AvgIpc) is 3.30. The van der Waals surface area contributed by atoms with Gasteiger partial charge in [0.1, 0.15) is 0 Å². The normalized spacial score (nSPS) is 25.1. The summed E-state index contributed by atoms with van der Waals surface area (Å²) in [5.74, 6) is 1.30. The zero-order valence-electron chi connectivity index (χ0n) is 14.0. The van der Waals surface area contributed by atoms with Crippen molar-refractivity contribution >= 4 is 22.4 Å². The molecule has 2 heterocycles. The van der Waals surface area contributed by atoms with Crippen LogP contribution in [0.1, 0.15) is 54.7 Å². The van der Waals surface area contributed by atoms with Crippen molar-refractivity contribution in [2.45, 2.75) is 51.4 Å². The summed E-state index contributed by atoms with van der Waals surface area (Å²) in [6.45, 7) is 2.25. The maximum atomic E-state index is 12.5. The third kappa shape index (κ3) is 3.22. The number of amides is 1. The van der Waals surface area contributed by atoms with Crippen molar-refractivity contribution in [1.29, 1.82) is 0 Å². The molecule has 4 nitrogen and oxygen atoms in total. The number of rotatable bonds is 5. The van der Waals surface area contributed by atoms with E-state index in [9.17, 15) is 4.79 Å². The van der Waals surface area contributed by atoms with Crippen molar-refractivity contribution in [2.75, 3.05) is 5.32 Å². The van der Waals surface area contributed by atoms with Crippen LogP contribution in [-0.4, -0.2) is 15.9 Å². The summed E-state index contributed by atoms with van der Waals surface area (Å²) in [5, 5.41) is 3.85. The number of anilines is 1. The number of fused-ring (bicyclic) bond motifs is 1. The molecule has 3 atom stereocenters. The van der Waals surface area contributed by atoms with Crippen molar-refractivity contribution in [1.82, 2.24) is 9.97 Å². The number of carbonyl (C=O) groups is 1. The number of hydrogen-bond donors (Lipinski definition) is 1. The van der Waals surface area contributed by atoms with E-state index >= 15 is 0 Å². The summed E-state index contributed by atoms with van der Waals surface area (Å²) in [7, 11) is 0. The van der Waals surface area contributed by atoms with E-state index in [4.69, 9.17) is 0 Å². The van der Waals surface area contributed by atoms with Crippen LogP contribution in [0.3, 0.4) is 0 Å². The number of nitrogens with zero attached hydrogens (tertiary/aromatic N) is 2. The van der Waals surface area contributed by atoms with Crippen LogP contribution in [0.15, 0.2) is 24.5 Å². The third-order valence-electron chi connectivity index (χ3n) is 5.21. The molecular formula is C19H23N3OS. The molecule has 0 aromatic carbocycles. The first kappa shape index (κ1) is 15.8.